The molecule has 2 bridgehead atoms. The van der Waals surface area contributed by atoms with E-state index in [2.05, 4.69) is 34.6 Å². The summed E-state index contributed by atoms with van der Waals surface area (Å²) in [5, 5.41) is 9.61. The SMILES string of the molecule is CC(C)(C)C1C2C(C)(C)C23CC(C(=O)O)C12CC23. The van der Waals surface area contributed by atoms with Crippen LogP contribution < -0.4 is 0 Å². The minimum absolute atomic E-state index is 0.0512. The van der Waals surface area contributed by atoms with Crippen molar-refractivity contribution in [3.8, 4) is 0 Å². The van der Waals surface area contributed by atoms with Gasteiger partial charge in [0.25, 0.3) is 0 Å². The Hall–Kier alpha value is -0.530. The highest BCUT2D eigenvalue weighted by molar-refractivity contribution is 5.75. The lowest BCUT2D eigenvalue weighted by molar-refractivity contribution is -0.147. The van der Waals surface area contributed by atoms with Gasteiger partial charge in [0.15, 0.2) is 0 Å². The maximum atomic E-state index is 11.7. The largest absolute Gasteiger partial charge is 0.481 e. The molecule has 2 heteroatoms. The molecule has 0 heterocycles. The molecule has 2 nitrogen and oxygen atoms in total. The summed E-state index contributed by atoms with van der Waals surface area (Å²) < 4.78 is 0. The first-order chi connectivity index (χ1) is 8.12. The number of carboxylic acid groups (broad SMARTS) is 1. The van der Waals surface area contributed by atoms with Crippen LogP contribution in [0.15, 0.2) is 0 Å². The van der Waals surface area contributed by atoms with Gasteiger partial charge in [-0.2, -0.15) is 0 Å². The Kier molecular flexibility index (Phi) is 1.51. The van der Waals surface area contributed by atoms with Gasteiger partial charge in [-0.1, -0.05) is 34.6 Å². The second-order valence-corrected chi connectivity index (χ2v) is 9.05. The molecule has 0 saturated heterocycles. The minimum Gasteiger partial charge on any atom is -0.481 e. The average Bonchev–Trinajstić information content (AvgIpc) is 2.95. The van der Waals surface area contributed by atoms with Crippen LogP contribution in [0.25, 0.3) is 0 Å². The molecule has 6 atom stereocenters. The van der Waals surface area contributed by atoms with Crippen LogP contribution in [0.1, 0.15) is 47.5 Å². The third-order valence-electron chi connectivity index (χ3n) is 7.45. The fourth-order valence-electron chi connectivity index (χ4n) is 7.21. The predicted molar refractivity (Wildman–Crippen MR) is 68.9 cm³/mol. The lowest BCUT2D eigenvalue weighted by atomic mass is 9.62. The number of rotatable bonds is 1. The zero-order valence-corrected chi connectivity index (χ0v) is 12.1. The molecule has 4 saturated carbocycles. The lowest BCUT2D eigenvalue weighted by Crippen LogP contribution is -2.40. The number of hydrogen-bond donors (Lipinski definition) is 1. The number of carboxylic acids is 1. The lowest BCUT2D eigenvalue weighted by Gasteiger charge is -2.41. The monoisotopic (exact) mass is 248 g/mol. The Morgan fingerprint density at radius 1 is 1.22 bits per heavy atom. The summed E-state index contributed by atoms with van der Waals surface area (Å²) in [7, 11) is 0. The summed E-state index contributed by atoms with van der Waals surface area (Å²) in [6.07, 6.45) is 2.17. The average molecular weight is 248 g/mol. The number of carbonyl (C=O) groups is 1. The van der Waals surface area contributed by atoms with Crippen molar-refractivity contribution in [2.45, 2.75) is 47.5 Å². The van der Waals surface area contributed by atoms with E-state index >= 15 is 0 Å². The van der Waals surface area contributed by atoms with E-state index in [1.54, 1.807) is 0 Å². The molecule has 1 N–H and O–H groups in total. The van der Waals surface area contributed by atoms with Crippen molar-refractivity contribution in [3.63, 3.8) is 0 Å². The van der Waals surface area contributed by atoms with Crippen molar-refractivity contribution in [1.29, 1.82) is 0 Å². The third-order valence-corrected chi connectivity index (χ3v) is 7.45. The topological polar surface area (TPSA) is 37.3 Å². The first-order valence-electron chi connectivity index (χ1n) is 7.34. The molecular weight excluding hydrogens is 224 g/mol. The maximum Gasteiger partial charge on any atom is 0.307 e. The molecule has 1 spiro atoms. The smallest absolute Gasteiger partial charge is 0.307 e. The van der Waals surface area contributed by atoms with Crippen LogP contribution in [0.3, 0.4) is 0 Å². The molecule has 0 aliphatic heterocycles. The third kappa shape index (κ3) is 0.779. The van der Waals surface area contributed by atoms with Crippen molar-refractivity contribution in [2.24, 2.45) is 45.3 Å². The van der Waals surface area contributed by atoms with Gasteiger partial charge >= 0.3 is 5.97 Å². The Morgan fingerprint density at radius 3 is 2.28 bits per heavy atom. The second-order valence-electron chi connectivity index (χ2n) is 9.05. The number of hydrogen-bond acceptors (Lipinski definition) is 1. The van der Waals surface area contributed by atoms with Gasteiger partial charge in [0, 0.05) is 0 Å². The molecule has 6 unspecified atom stereocenters. The van der Waals surface area contributed by atoms with Crippen LogP contribution in [0.4, 0.5) is 0 Å². The van der Waals surface area contributed by atoms with Crippen LogP contribution in [0.5, 0.6) is 0 Å². The van der Waals surface area contributed by atoms with Gasteiger partial charge in [-0.15, -0.1) is 0 Å². The van der Waals surface area contributed by atoms with E-state index in [0.29, 0.717) is 16.7 Å². The molecular formula is C16H24O2. The van der Waals surface area contributed by atoms with Gasteiger partial charge in [0.05, 0.1) is 5.92 Å². The van der Waals surface area contributed by atoms with E-state index in [1.807, 2.05) is 0 Å². The second kappa shape index (κ2) is 2.41. The molecule has 0 aromatic rings. The van der Waals surface area contributed by atoms with Crippen molar-refractivity contribution in [1.82, 2.24) is 0 Å². The summed E-state index contributed by atoms with van der Waals surface area (Å²) in [6.45, 7) is 11.8. The van der Waals surface area contributed by atoms with E-state index in [4.69, 9.17) is 0 Å². The first-order valence-corrected chi connectivity index (χ1v) is 7.34. The van der Waals surface area contributed by atoms with Gasteiger partial charge in [0.1, 0.15) is 0 Å². The normalized spacial score (nSPS) is 58.1. The molecule has 18 heavy (non-hydrogen) atoms. The molecule has 0 radical (unpaired) electrons. The van der Waals surface area contributed by atoms with Crippen LogP contribution in [0, 0.1) is 45.3 Å². The molecule has 4 aliphatic carbocycles. The van der Waals surface area contributed by atoms with Gasteiger partial charge in [0.2, 0.25) is 0 Å². The van der Waals surface area contributed by atoms with E-state index in [9.17, 15) is 9.90 Å². The molecule has 0 amide bonds. The Labute approximate surface area is 109 Å². The van der Waals surface area contributed by atoms with Crippen LogP contribution in [-0.4, -0.2) is 11.1 Å². The van der Waals surface area contributed by atoms with Gasteiger partial charge in [-0.3, -0.25) is 4.79 Å². The van der Waals surface area contributed by atoms with E-state index < -0.39 is 5.97 Å². The maximum absolute atomic E-state index is 11.7. The van der Waals surface area contributed by atoms with Crippen molar-refractivity contribution < 1.29 is 9.90 Å². The van der Waals surface area contributed by atoms with Gasteiger partial charge in [-0.25, -0.2) is 0 Å². The number of aliphatic carboxylic acids is 1. The summed E-state index contributed by atoms with van der Waals surface area (Å²) in [5.41, 5.74) is 1.22. The van der Waals surface area contributed by atoms with Gasteiger partial charge < -0.3 is 5.11 Å². The Balaban J connectivity index is 1.86. The minimum atomic E-state index is -0.523. The molecule has 100 valence electrons. The van der Waals surface area contributed by atoms with Crippen LogP contribution >= 0.6 is 0 Å². The molecule has 0 aromatic heterocycles. The molecule has 4 aliphatic rings. The van der Waals surface area contributed by atoms with E-state index in [1.165, 1.54) is 6.42 Å². The Bertz CT molecular complexity index is 472. The van der Waals surface area contributed by atoms with Crippen molar-refractivity contribution in [2.75, 3.05) is 0 Å². The van der Waals surface area contributed by atoms with Crippen LogP contribution in [-0.2, 0) is 4.79 Å². The summed E-state index contributed by atoms with van der Waals surface area (Å²) in [5.74, 6) is 1.57. The van der Waals surface area contributed by atoms with Crippen molar-refractivity contribution in [3.05, 3.63) is 0 Å². The summed E-state index contributed by atoms with van der Waals surface area (Å²) >= 11 is 0. The summed E-state index contributed by atoms with van der Waals surface area (Å²) in [4.78, 5) is 11.7. The molecule has 4 fully saturated rings. The molecule has 4 rings (SSSR count). The highest BCUT2D eigenvalue weighted by Gasteiger charge is 2.97. The highest BCUT2D eigenvalue weighted by atomic mass is 16.4. The molecule has 0 aromatic carbocycles. The zero-order valence-electron chi connectivity index (χ0n) is 12.1. The van der Waals surface area contributed by atoms with Gasteiger partial charge in [-0.05, 0) is 52.3 Å². The van der Waals surface area contributed by atoms with E-state index in [0.717, 1.165) is 18.3 Å². The summed E-state index contributed by atoms with van der Waals surface area (Å²) in [6, 6.07) is 0. The quantitative estimate of drug-likeness (QED) is 0.772. The van der Waals surface area contributed by atoms with Crippen LogP contribution in [0.2, 0.25) is 0 Å². The Morgan fingerprint density at radius 2 is 1.83 bits per heavy atom. The first kappa shape index (κ1) is 11.3. The van der Waals surface area contributed by atoms with E-state index in [-0.39, 0.29) is 16.7 Å². The van der Waals surface area contributed by atoms with Crippen molar-refractivity contribution >= 4 is 5.97 Å². The highest BCUT2D eigenvalue weighted by Crippen LogP contribution is 3.01. The fraction of sp³-hybridized carbons (Fsp3) is 0.938. The zero-order chi connectivity index (χ0) is 13.3. The fourth-order valence-corrected chi connectivity index (χ4v) is 7.21. The standard InChI is InChI=1S/C16H24O2/c1-13(2,3)10-11-14(4,5)16(11)6-8(12(17)18)15(10)7-9(15)16/h8-11H,6-7H2,1-5H3,(H,17,18). The predicted octanol–water partition coefficient (Wildman–Crippen LogP) is 3.42.